The third kappa shape index (κ3) is 3.53. The molecule has 5 nitrogen and oxygen atoms in total. The van der Waals surface area contributed by atoms with Crippen molar-refractivity contribution in [3.8, 4) is 0 Å². The molecule has 0 bridgehead atoms. The van der Waals surface area contributed by atoms with Gasteiger partial charge in [0.2, 0.25) is 0 Å². The first-order valence-corrected chi connectivity index (χ1v) is 9.46. The van der Waals surface area contributed by atoms with E-state index in [1.54, 1.807) is 4.31 Å². The molecule has 1 aliphatic heterocycles. The zero-order valence-electron chi connectivity index (χ0n) is 12.3. The van der Waals surface area contributed by atoms with E-state index in [1.165, 1.54) is 25.7 Å². The van der Waals surface area contributed by atoms with Gasteiger partial charge in [-0.15, -0.1) is 0 Å². The van der Waals surface area contributed by atoms with Crippen molar-refractivity contribution < 1.29 is 8.42 Å². The number of nitrogens with one attached hydrogen (secondary N) is 2. The summed E-state index contributed by atoms with van der Waals surface area (Å²) in [4.78, 5) is 0. The van der Waals surface area contributed by atoms with Crippen molar-refractivity contribution in [3.05, 3.63) is 0 Å². The van der Waals surface area contributed by atoms with Crippen LogP contribution in [0.1, 0.15) is 38.5 Å². The largest absolute Gasteiger partial charge is 0.319 e. The molecule has 20 heavy (non-hydrogen) atoms. The van der Waals surface area contributed by atoms with E-state index < -0.39 is 10.2 Å². The van der Waals surface area contributed by atoms with Gasteiger partial charge in [-0.1, -0.05) is 0 Å². The molecule has 3 rings (SSSR count). The van der Waals surface area contributed by atoms with Gasteiger partial charge in [-0.25, -0.2) is 0 Å². The number of nitrogens with zero attached hydrogens (tertiary/aromatic N) is 1. The van der Waals surface area contributed by atoms with Crippen LogP contribution in [0.2, 0.25) is 0 Å². The Hall–Kier alpha value is -0.170. The van der Waals surface area contributed by atoms with Gasteiger partial charge in [0.25, 0.3) is 10.2 Å². The Morgan fingerprint density at radius 1 is 1.05 bits per heavy atom. The van der Waals surface area contributed by atoms with Gasteiger partial charge in [-0.2, -0.15) is 17.4 Å². The molecule has 3 aliphatic rings. The lowest BCUT2D eigenvalue weighted by Gasteiger charge is -2.32. The van der Waals surface area contributed by atoms with Gasteiger partial charge in [0.15, 0.2) is 0 Å². The summed E-state index contributed by atoms with van der Waals surface area (Å²) in [5.74, 6) is 1.84. The Morgan fingerprint density at radius 2 is 1.60 bits per heavy atom. The monoisotopic (exact) mass is 301 g/mol. The van der Waals surface area contributed by atoms with Gasteiger partial charge in [0.05, 0.1) is 0 Å². The first-order chi connectivity index (χ1) is 9.60. The Morgan fingerprint density at radius 3 is 2.05 bits per heavy atom. The zero-order valence-corrected chi connectivity index (χ0v) is 13.2. The van der Waals surface area contributed by atoms with Crippen molar-refractivity contribution in [1.29, 1.82) is 0 Å². The second kappa shape index (κ2) is 5.91. The van der Waals surface area contributed by atoms with E-state index in [9.17, 15) is 8.42 Å². The van der Waals surface area contributed by atoms with E-state index in [0.717, 1.165) is 19.4 Å². The summed E-state index contributed by atoms with van der Waals surface area (Å²) >= 11 is 0. The highest BCUT2D eigenvalue weighted by atomic mass is 32.2. The average Bonchev–Trinajstić information content (AvgIpc) is 3.29. The molecule has 0 aromatic carbocycles. The molecule has 0 aromatic rings. The quantitative estimate of drug-likeness (QED) is 0.736. The highest BCUT2D eigenvalue weighted by Gasteiger charge is 2.44. The highest BCUT2D eigenvalue weighted by Crippen LogP contribution is 2.44. The van der Waals surface area contributed by atoms with Crippen LogP contribution in [-0.4, -0.2) is 45.4 Å². The molecule has 6 heteroatoms. The minimum absolute atomic E-state index is 0.218. The SMILES string of the molecule is CNCC1CCN(S(=O)(=O)NC(C2CC2)C2CC2)CC1. The van der Waals surface area contributed by atoms with E-state index in [2.05, 4.69) is 10.0 Å². The summed E-state index contributed by atoms with van der Waals surface area (Å²) < 4.78 is 29.7. The van der Waals surface area contributed by atoms with Crippen molar-refractivity contribution in [2.24, 2.45) is 17.8 Å². The lowest BCUT2D eigenvalue weighted by Crippen LogP contribution is -2.50. The van der Waals surface area contributed by atoms with Gasteiger partial charge in [-0.3, -0.25) is 0 Å². The second-order valence-corrected chi connectivity index (χ2v) is 8.43. The molecule has 1 saturated heterocycles. The maximum atomic E-state index is 12.5. The van der Waals surface area contributed by atoms with Gasteiger partial charge in [0, 0.05) is 19.1 Å². The van der Waals surface area contributed by atoms with Gasteiger partial charge in [-0.05, 0) is 69.9 Å². The molecule has 1 heterocycles. The van der Waals surface area contributed by atoms with Crippen molar-refractivity contribution in [1.82, 2.24) is 14.3 Å². The zero-order chi connectivity index (χ0) is 14.2. The molecule has 0 unspecified atom stereocenters. The third-order valence-corrected chi connectivity index (χ3v) is 6.57. The van der Waals surface area contributed by atoms with Crippen LogP contribution in [0.4, 0.5) is 0 Å². The highest BCUT2D eigenvalue weighted by molar-refractivity contribution is 7.87. The predicted octanol–water partition coefficient (Wildman–Crippen LogP) is 0.941. The molecule has 3 fully saturated rings. The molecule has 2 saturated carbocycles. The summed E-state index contributed by atoms with van der Waals surface area (Å²) in [6.07, 6.45) is 6.75. The Labute approximate surface area is 122 Å². The smallest absolute Gasteiger partial charge is 0.279 e. The van der Waals surface area contributed by atoms with E-state index in [1.807, 2.05) is 7.05 Å². The molecule has 0 amide bonds. The van der Waals surface area contributed by atoms with Crippen molar-refractivity contribution in [2.45, 2.75) is 44.6 Å². The summed E-state index contributed by atoms with van der Waals surface area (Å²) in [5.41, 5.74) is 0. The predicted molar refractivity (Wildman–Crippen MR) is 79.5 cm³/mol. The summed E-state index contributed by atoms with van der Waals surface area (Å²) in [6, 6.07) is 0.218. The van der Waals surface area contributed by atoms with Crippen LogP contribution in [0.15, 0.2) is 0 Å². The molecular weight excluding hydrogens is 274 g/mol. The fourth-order valence-corrected chi connectivity index (χ4v) is 4.95. The molecule has 116 valence electrons. The summed E-state index contributed by atoms with van der Waals surface area (Å²) in [5, 5.41) is 3.19. The topological polar surface area (TPSA) is 61.4 Å². The minimum Gasteiger partial charge on any atom is -0.319 e. The van der Waals surface area contributed by atoms with Crippen LogP contribution in [0.5, 0.6) is 0 Å². The maximum Gasteiger partial charge on any atom is 0.279 e. The Bertz CT molecular complexity index is 412. The lowest BCUT2D eigenvalue weighted by atomic mass is 9.98. The maximum absolute atomic E-state index is 12.5. The first-order valence-electron chi connectivity index (χ1n) is 8.02. The van der Waals surface area contributed by atoms with Gasteiger partial charge >= 0.3 is 0 Å². The second-order valence-electron chi connectivity index (χ2n) is 6.72. The van der Waals surface area contributed by atoms with E-state index in [0.29, 0.717) is 30.8 Å². The summed E-state index contributed by atoms with van der Waals surface area (Å²) in [6.45, 7) is 2.33. The summed E-state index contributed by atoms with van der Waals surface area (Å²) in [7, 11) is -1.31. The van der Waals surface area contributed by atoms with Crippen LogP contribution in [0, 0.1) is 17.8 Å². The molecule has 0 radical (unpaired) electrons. The normalized spacial score (nSPS) is 26.3. The van der Waals surface area contributed by atoms with Crippen LogP contribution < -0.4 is 10.0 Å². The Balaban J connectivity index is 1.55. The lowest BCUT2D eigenvalue weighted by molar-refractivity contribution is 0.265. The van der Waals surface area contributed by atoms with Gasteiger partial charge in [0.1, 0.15) is 0 Å². The fourth-order valence-electron chi connectivity index (χ4n) is 3.38. The molecule has 0 atom stereocenters. The van der Waals surface area contributed by atoms with E-state index in [4.69, 9.17) is 0 Å². The van der Waals surface area contributed by atoms with Crippen LogP contribution >= 0.6 is 0 Å². The van der Waals surface area contributed by atoms with Crippen molar-refractivity contribution >= 4 is 10.2 Å². The third-order valence-electron chi connectivity index (χ3n) is 4.95. The van der Waals surface area contributed by atoms with Crippen LogP contribution in [-0.2, 0) is 10.2 Å². The number of piperidine rings is 1. The number of hydrogen-bond acceptors (Lipinski definition) is 3. The molecular formula is C14H27N3O2S. The Kier molecular flexibility index (Phi) is 4.36. The van der Waals surface area contributed by atoms with Crippen LogP contribution in [0.25, 0.3) is 0 Å². The van der Waals surface area contributed by atoms with E-state index >= 15 is 0 Å². The molecule has 2 aliphatic carbocycles. The van der Waals surface area contributed by atoms with Crippen molar-refractivity contribution in [3.63, 3.8) is 0 Å². The van der Waals surface area contributed by atoms with Crippen molar-refractivity contribution in [2.75, 3.05) is 26.7 Å². The first kappa shape index (κ1) is 14.8. The number of hydrogen-bond donors (Lipinski definition) is 2. The van der Waals surface area contributed by atoms with Gasteiger partial charge < -0.3 is 5.32 Å². The molecule has 0 spiro atoms. The van der Waals surface area contributed by atoms with Crippen LogP contribution in [0.3, 0.4) is 0 Å². The van der Waals surface area contributed by atoms with E-state index in [-0.39, 0.29) is 6.04 Å². The molecule has 2 N–H and O–H groups in total. The minimum atomic E-state index is -3.27. The average molecular weight is 301 g/mol. The number of rotatable bonds is 7. The fraction of sp³-hybridized carbons (Fsp3) is 1.00. The molecule has 0 aromatic heterocycles. The standard InChI is InChI=1S/C14H27N3O2S/c1-15-10-11-6-8-17(9-7-11)20(18,19)16-14(12-2-3-12)13-4-5-13/h11-16H,2-10H2,1H3.